The molecule has 0 aromatic heterocycles. The van der Waals surface area contributed by atoms with E-state index in [0.29, 0.717) is 24.3 Å². The van der Waals surface area contributed by atoms with Gasteiger partial charge in [-0.3, -0.25) is 19.7 Å². The zero-order valence-corrected chi connectivity index (χ0v) is 13.9. The van der Waals surface area contributed by atoms with Crippen molar-refractivity contribution in [2.45, 2.75) is 37.8 Å². The molecule has 1 aromatic rings. The van der Waals surface area contributed by atoms with Gasteiger partial charge in [-0.15, -0.1) is 0 Å². The van der Waals surface area contributed by atoms with Crippen molar-refractivity contribution in [3.05, 3.63) is 33.9 Å². The van der Waals surface area contributed by atoms with Crippen molar-refractivity contribution in [1.29, 1.82) is 0 Å². The molecule has 1 unspecified atom stereocenters. The Hall–Kier alpha value is -2.48. The van der Waals surface area contributed by atoms with Crippen molar-refractivity contribution in [3.8, 4) is 0 Å². The van der Waals surface area contributed by atoms with Gasteiger partial charge in [0.25, 0.3) is 11.6 Å². The summed E-state index contributed by atoms with van der Waals surface area (Å²) >= 11 is 0. The van der Waals surface area contributed by atoms with Crippen molar-refractivity contribution in [2.75, 3.05) is 18.5 Å². The summed E-state index contributed by atoms with van der Waals surface area (Å²) in [5, 5.41) is 14.1. The number of amides is 1. The van der Waals surface area contributed by atoms with Crippen LogP contribution < -0.4 is 10.2 Å². The zero-order valence-electron chi connectivity index (χ0n) is 13.9. The number of fused-ring (bicyclic) bond motifs is 4. The minimum absolute atomic E-state index is 0.0232. The molecule has 25 heavy (non-hydrogen) atoms. The standard InChI is InChI=1S/C17H19N3O5/c1-2-25-15(21)11-9-17(19-7-3-4-14(11)19)12-8-10(20(23)24)5-6-13(12)18-16(17)22/h5-6,8,11,14H,2-4,7,9H2,1H3,(H,18,22)/p+1/t11-,14-,17+/m1/s1. The number of nitro benzene ring substituents is 1. The fourth-order valence-electron chi connectivity index (χ4n) is 4.93. The molecule has 3 heterocycles. The quantitative estimate of drug-likeness (QED) is 0.468. The lowest BCUT2D eigenvalue weighted by molar-refractivity contribution is -0.947. The lowest BCUT2D eigenvalue weighted by atomic mass is 9.84. The van der Waals surface area contributed by atoms with E-state index in [-0.39, 0.29) is 29.5 Å². The molecule has 1 amide bonds. The summed E-state index contributed by atoms with van der Waals surface area (Å²) in [6, 6.07) is 4.49. The van der Waals surface area contributed by atoms with E-state index in [4.69, 9.17) is 4.74 Å². The van der Waals surface area contributed by atoms with Gasteiger partial charge in [0.05, 0.1) is 29.3 Å². The predicted molar refractivity (Wildman–Crippen MR) is 87.0 cm³/mol. The van der Waals surface area contributed by atoms with Gasteiger partial charge in [-0.1, -0.05) is 0 Å². The van der Waals surface area contributed by atoms with Crippen molar-refractivity contribution in [1.82, 2.24) is 0 Å². The molecule has 3 aliphatic rings. The van der Waals surface area contributed by atoms with Crippen molar-refractivity contribution in [3.63, 3.8) is 0 Å². The normalized spacial score (nSPS) is 32.4. The third kappa shape index (κ3) is 2.10. The summed E-state index contributed by atoms with van der Waals surface area (Å²) in [6.07, 6.45) is 2.12. The highest BCUT2D eigenvalue weighted by molar-refractivity contribution is 6.05. The van der Waals surface area contributed by atoms with Crippen LogP contribution >= 0.6 is 0 Å². The van der Waals surface area contributed by atoms with Crippen LogP contribution in [0.2, 0.25) is 0 Å². The van der Waals surface area contributed by atoms with Crippen LogP contribution in [-0.2, 0) is 19.9 Å². The lowest BCUT2D eigenvalue weighted by Gasteiger charge is -2.29. The average molecular weight is 346 g/mol. The molecule has 3 aliphatic heterocycles. The van der Waals surface area contributed by atoms with Crippen LogP contribution in [-0.4, -0.2) is 36.0 Å². The third-order valence-electron chi connectivity index (χ3n) is 5.87. The number of carbonyl (C=O) groups excluding carboxylic acids is 2. The molecular weight excluding hydrogens is 326 g/mol. The van der Waals surface area contributed by atoms with Gasteiger partial charge in [-0.25, -0.2) is 0 Å². The fraction of sp³-hybridized carbons (Fsp3) is 0.529. The van der Waals surface area contributed by atoms with Crippen molar-refractivity contribution < 1.29 is 24.1 Å². The SMILES string of the molecule is CCOC(=O)[C@@H]1C[C@]2(C(=O)Nc3ccc([N+](=O)[O-])cc32)[NH+]2CCC[C@H]12. The smallest absolute Gasteiger partial charge is 0.315 e. The maximum atomic E-state index is 13.0. The number of benzene rings is 1. The Labute approximate surface area is 144 Å². The lowest BCUT2D eigenvalue weighted by Crippen LogP contribution is -3.19. The Morgan fingerprint density at radius 1 is 1.52 bits per heavy atom. The summed E-state index contributed by atoms with van der Waals surface area (Å²) in [4.78, 5) is 37.2. The van der Waals surface area contributed by atoms with E-state index < -0.39 is 10.5 Å². The van der Waals surface area contributed by atoms with E-state index in [1.807, 2.05) is 0 Å². The number of quaternary nitrogens is 1. The van der Waals surface area contributed by atoms with Gasteiger partial charge in [0.2, 0.25) is 5.54 Å². The summed E-state index contributed by atoms with van der Waals surface area (Å²) in [5.74, 6) is -0.791. The highest BCUT2D eigenvalue weighted by Crippen LogP contribution is 2.45. The molecule has 2 saturated heterocycles. The van der Waals surface area contributed by atoms with Crippen molar-refractivity contribution >= 4 is 23.3 Å². The largest absolute Gasteiger partial charge is 0.466 e. The minimum Gasteiger partial charge on any atom is -0.466 e. The van der Waals surface area contributed by atoms with E-state index in [0.717, 1.165) is 24.3 Å². The number of nitrogens with zero attached hydrogens (tertiary/aromatic N) is 1. The molecule has 0 radical (unpaired) electrons. The van der Waals surface area contributed by atoms with Gasteiger partial charge in [0.15, 0.2) is 0 Å². The Bertz CT molecular complexity index is 780. The second kappa shape index (κ2) is 5.52. The first-order valence-corrected chi connectivity index (χ1v) is 8.62. The average Bonchev–Trinajstić information content (AvgIpc) is 3.23. The third-order valence-corrected chi connectivity index (χ3v) is 5.87. The van der Waals surface area contributed by atoms with Crippen LogP contribution in [0.3, 0.4) is 0 Å². The molecule has 0 saturated carbocycles. The number of rotatable bonds is 3. The Morgan fingerprint density at radius 2 is 2.32 bits per heavy atom. The molecule has 8 heteroatoms. The number of non-ortho nitro benzene ring substituents is 1. The number of esters is 1. The number of hydrogen-bond donors (Lipinski definition) is 2. The highest BCUT2D eigenvalue weighted by atomic mass is 16.6. The number of anilines is 1. The van der Waals surface area contributed by atoms with E-state index in [2.05, 4.69) is 5.32 Å². The van der Waals surface area contributed by atoms with Gasteiger partial charge in [-0.05, 0) is 13.0 Å². The fourth-order valence-corrected chi connectivity index (χ4v) is 4.93. The molecule has 1 aromatic carbocycles. The zero-order chi connectivity index (χ0) is 17.8. The molecule has 0 bridgehead atoms. The second-order valence-corrected chi connectivity index (χ2v) is 6.93. The van der Waals surface area contributed by atoms with Gasteiger partial charge < -0.3 is 15.0 Å². The first kappa shape index (κ1) is 16.0. The molecule has 4 rings (SSSR count). The molecular formula is C17H20N3O5+. The van der Waals surface area contributed by atoms with E-state index >= 15 is 0 Å². The van der Waals surface area contributed by atoms with E-state index in [1.165, 1.54) is 12.1 Å². The Morgan fingerprint density at radius 3 is 3.04 bits per heavy atom. The monoisotopic (exact) mass is 346 g/mol. The Balaban J connectivity index is 1.82. The minimum atomic E-state index is -0.931. The van der Waals surface area contributed by atoms with E-state index in [1.54, 1.807) is 13.0 Å². The molecule has 2 fully saturated rings. The Kier molecular flexibility index (Phi) is 3.54. The van der Waals surface area contributed by atoms with Crippen LogP contribution in [0.25, 0.3) is 0 Å². The number of nitrogens with one attached hydrogen (secondary N) is 2. The number of carbonyl (C=O) groups is 2. The van der Waals surface area contributed by atoms with Crippen LogP contribution in [0.15, 0.2) is 18.2 Å². The van der Waals surface area contributed by atoms with Crippen LogP contribution in [0.4, 0.5) is 11.4 Å². The van der Waals surface area contributed by atoms with Gasteiger partial charge >= 0.3 is 5.97 Å². The first-order chi connectivity index (χ1) is 12.0. The number of ether oxygens (including phenoxy) is 1. The molecule has 4 atom stereocenters. The topological polar surface area (TPSA) is 103 Å². The first-order valence-electron chi connectivity index (χ1n) is 8.62. The van der Waals surface area contributed by atoms with Crippen molar-refractivity contribution in [2.24, 2.45) is 5.92 Å². The van der Waals surface area contributed by atoms with Gasteiger partial charge in [0, 0.05) is 31.4 Å². The summed E-state index contributed by atoms with van der Waals surface area (Å²) < 4.78 is 5.23. The maximum absolute atomic E-state index is 13.0. The van der Waals surface area contributed by atoms with Gasteiger partial charge in [0.1, 0.15) is 12.0 Å². The molecule has 132 valence electrons. The summed E-state index contributed by atoms with van der Waals surface area (Å²) in [7, 11) is 0. The molecule has 0 aliphatic carbocycles. The number of nitro groups is 1. The summed E-state index contributed by atoms with van der Waals surface area (Å²) in [5.41, 5.74) is 0.281. The van der Waals surface area contributed by atoms with Crippen LogP contribution in [0.1, 0.15) is 31.7 Å². The molecule has 1 spiro atoms. The predicted octanol–water partition coefficient (Wildman–Crippen LogP) is 0.373. The maximum Gasteiger partial charge on any atom is 0.315 e. The van der Waals surface area contributed by atoms with E-state index in [9.17, 15) is 19.7 Å². The van der Waals surface area contributed by atoms with Crippen LogP contribution in [0, 0.1) is 16.0 Å². The summed E-state index contributed by atoms with van der Waals surface area (Å²) in [6.45, 7) is 2.84. The molecule has 8 nitrogen and oxygen atoms in total. The number of hydrogen-bond acceptors (Lipinski definition) is 5. The van der Waals surface area contributed by atoms with Gasteiger partial charge in [-0.2, -0.15) is 0 Å². The van der Waals surface area contributed by atoms with Crippen LogP contribution in [0.5, 0.6) is 0 Å². The molecule has 2 N–H and O–H groups in total. The second-order valence-electron chi connectivity index (χ2n) is 6.93. The highest BCUT2D eigenvalue weighted by Gasteiger charge is 2.67.